The van der Waals surface area contributed by atoms with Gasteiger partial charge in [-0.05, 0) is 18.6 Å². The first-order chi connectivity index (χ1) is 10.1. The standard InChI is InChI=1S/C16H16N2O3/c1-10-7-15(19)18(2)8-13(10)17-16(20)12-9-21-14-6-4-3-5-11(12)14/h3-8,12H,9H2,1-2H3,(H,17,20). The first-order valence-corrected chi connectivity index (χ1v) is 6.76. The number of nitrogens with one attached hydrogen (secondary N) is 1. The van der Waals surface area contributed by atoms with Crippen LogP contribution in [-0.4, -0.2) is 17.1 Å². The molecule has 3 rings (SSSR count). The molecule has 0 saturated carbocycles. The number of para-hydroxylation sites is 1. The Balaban J connectivity index is 1.85. The van der Waals surface area contributed by atoms with Gasteiger partial charge < -0.3 is 14.6 Å². The molecule has 1 aromatic carbocycles. The Morgan fingerprint density at radius 1 is 1.38 bits per heavy atom. The van der Waals surface area contributed by atoms with Crippen molar-refractivity contribution < 1.29 is 9.53 Å². The molecular weight excluding hydrogens is 268 g/mol. The highest BCUT2D eigenvalue weighted by Crippen LogP contribution is 2.34. The van der Waals surface area contributed by atoms with Gasteiger partial charge >= 0.3 is 0 Å². The van der Waals surface area contributed by atoms with Gasteiger partial charge in [0, 0.05) is 24.9 Å². The van der Waals surface area contributed by atoms with Crippen molar-refractivity contribution in [1.82, 2.24) is 4.57 Å². The average molecular weight is 284 g/mol. The minimum Gasteiger partial charge on any atom is -0.492 e. The molecule has 0 aliphatic carbocycles. The van der Waals surface area contributed by atoms with Gasteiger partial charge in [0.05, 0.1) is 5.69 Å². The lowest BCUT2D eigenvalue weighted by Gasteiger charge is -2.13. The highest BCUT2D eigenvalue weighted by atomic mass is 16.5. The van der Waals surface area contributed by atoms with E-state index in [2.05, 4.69) is 5.32 Å². The van der Waals surface area contributed by atoms with Gasteiger partial charge in [-0.15, -0.1) is 0 Å². The van der Waals surface area contributed by atoms with E-state index in [9.17, 15) is 9.59 Å². The number of benzene rings is 1. The monoisotopic (exact) mass is 284 g/mol. The summed E-state index contributed by atoms with van der Waals surface area (Å²) in [5.74, 6) is 0.314. The van der Waals surface area contributed by atoms with E-state index < -0.39 is 0 Å². The summed E-state index contributed by atoms with van der Waals surface area (Å²) in [6.07, 6.45) is 1.64. The fraction of sp³-hybridized carbons (Fsp3) is 0.250. The van der Waals surface area contributed by atoms with E-state index in [1.807, 2.05) is 24.3 Å². The quantitative estimate of drug-likeness (QED) is 0.915. The van der Waals surface area contributed by atoms with Crippen LogP contribution in [0.5, 0.6) is 5.75 Å². The van der Waals surface area contributed by atoms with E-state index in [4.69, 9.17) is 4.74 Å². The molecule has 1 unspecified atom stereocenters. The Hall–Kier alpha value is -2.56. The molecule has 1 aromatic heterocycles. The third kappa shape index (κ3) is 2.42. The molecule has 5 nitrogen and oxygen atoms in total. The lowest BCUT2D eigenvalue weighted by Crippen LogP contribution is -2.24. The number of anilines is 1. The predicted octanol–water partition coefficient (Wildman–Crippen LogP) is 1.81. The normalized spacial score (nSPS) is 16.2. The smallest absolute Gasteiger partial charge is 0.250 e. The topological polar surface area (TPSA) is 60.3 Å². The molecule has 21 heavy (non-hydrogen) atoms. The molecule has 0 fully saturated rings. The van der Waals surface area contributed by atoms with Gasteiger partial charge in [0.25, 0.3) is 5.56 Å². The van der Waals surface area contributed by atoms with Crippen molar-refractivity contribution in [2.75, 3.05) is 11.9 Å². The number of rotatable bonds is 2. The van der Waals surface area contributed by atoms with E-state index >= 15 is 0 Å². The van der Waals surface area contributed by atoms with Crippen LogP contribution in [0, 0.1) is 6.92 Å². The molecule has 1 amide bonds. The number of ether oxygens (including phenoxy) is 1. The number of nitrogens with zero attached hydrogens (tertiary/aromatic N) is 1. The lowest BCUT2D eigenvalue weighted by molar-refractivity contribution is -0.117. The van der Waals surface area contributed by atoms with Crippen molar-refractivity contribution in [1.29, 1.82) is 0 Å². The van der Waals surface area contributed by atoms with Crippen molar-refractivity contribution >= 4 is 11.6 Å². The van der Waals surface area contributed by atoms with Crippen LogP contribution in [0.4, 0.5) is 5.69 Å². The summed E-state index contributed by atoms with van der Waals surface area (Å²) < 4.78 is 6.97. The van der Waals surface area contributed by atoms with Crippen LogP contribution in [0.3, 0.4) is 0 Å². The molecule has 0 bridgehead atoms. The van der Waals surface area contributed by atoms with Crippen LogP contribution in [0.15, 0.2) is 41.3 Å². The highest BCUT2D eigenvalue weighted by molar-refractivity contribution is 5.97. The number of hydrogen-bond acceptors (Lipinski definition) is 3. The summed E-state index contributed by atoms with van der Waals surface area (Å²) in [7, 11) is 1.66. The second-order valence-corrected chi connectivity index (χ2v) is 5.21. The maximum absolute atomic E-state index is 12.4. The number of amides is 1. The van der Waals surface area contributed by atoms with E-state index in [0.29, 0.717) is 12.3 Å². The zero-order valence-electron chi connectivity index (χ0n) is 11.9. The molecule has 5 heteroatoms. The summed E-state index contributed by atoms with van der Waals surface area (Å²) in [5.41, 5.74) is 2.20. The zero-order valence-corrected chi connectivity index (χ0v) is 11.9. The number of aromatic nitrogens is 1. The van der Waals surface area contributed by atoms with E-state index in [0.717, 1.165) is 16.9 Å². The Kier molecular flexibility index (Phi) is 3.25. The van der Waals surface area contributed by atoms with Gasteiger partial charge in [-0.3, -0.25) is 9.59 Å². The summed E-state index contributed by atoms with van der Waals surface area (Å²) in [5, 5.41) is 2.88. The molecule has 1 atom stereocenters. The SMILES string of the molecule is Cc1cc(=O)n(C)cc1NC(=O)C1COc2ccccc21. The van der Waals surface area contributed by atoms with Crippen LogP contribution in [0.2, 0.25) is 0 Å². The zero-order chi connectivity index (χ0) is 15.0. The highest BCUT2D eigenvalue weighted by Gasteiger charge is 2.30. The van der Waals surface area contributed by atoms with Crippen molar-refractivity contribution in [2.45, 2.75) is 12.8 Å². The number of aryl methyl sites for hydroxylation is 2. The third-order valence-electron chi connectivity index (χ3n) is 3.71. The number of pyridine rings is 1. The van der Waals surface area contributed by atoms with E-state index in [-0.39, 0.29) is 17.4 Å². The number of carbonyl (C=O) groups is 1. The van der Waals surface area contributed by atoms with Crippen LogP contribution in [0.1, 0.15) is 17.0 Å². The van der Waals surface area contributed by atoms with E-state index in [1.54, 1.807) is 20.2 Å². The van der Waals surface area contributed by atoms with Gasteiger partial charge in [-0.2, -0.15) is 0 Å². The van der Waals surface area contributed by atoms with Crippen LogP contribution in [-0.2, 0) is 11.8 Å². The first-order valence-electron chi connectivity index (χ1n) is 6.76. The molecule has 0 saturated heterocycles. The van der Waals surface area contributed by atoms with Gasteiger partial charge in [-0.1, -0.05) is 18.2 Å². The number of fused-ring (bicyclic) bond motifs is 1. The second kappa shape index (κ2) is 5.09. The first kappa shape index (κ1) is 13.4. The Morgan fingerprint density at radius 2 is 2.14 bits per heavy atom. The van der Waals surface area contributed by atoms with Crippen molar-refractivity contribution in [3.05, 3.63) is 58.0 Å². The maximum atomic E-state index is 12.4. The maximum Gasteiger partial charge on any atom is 0.250 e. The Labute approximate surface area is 122 Å². The summed E-state index contributed by atoms with van der Waals surface area (Å²) >= 11 is 0. The number of hydrogen-bond donors (Lipinski definition) is 1. The Morgan fingerprint density at radius 3 is 2.95 bits per heavy atom. The summed E-state index contributed by atoms with van der Waals surface area (Å²) in [6.45, 7) is 2.14. The summed E-state index contributed by atoms with van der Waals surface area (Å²) in [6, 6.07) is 9.05. The van der Waals surface area contributed by atoms with Crippen molar-refractivity contribution in [2.24, 2.45) is 7.05 Å². The van der Waals surface area contributed by atoms with Crippen LogP contribution < -0.4 is 15.6 Å². The Bertz CT molecular complexity index is 764. The molecule has 1 aliphatic rings. The van der Waals surface area contributed by atoms with Crippen molar-refractivity contribution in [3.63, 3.8) is 0 Å². The fourth-order valence-electron chi connectivity index (χ4n) is 2.45. The average Bonchev–Trinajstić information content (AvgIpc) is 2.88. The van der Waals surface area contributed by atoms with E-state index in [1.165, 1.54) is 10.6 Å². The lowest BCUT2D eigenvalue weighted by atomic mass is 10.0. The molecule has 0 spiro atoms. The predicted molar refractivity (Wildman–Crippen MR) is 79.7 cm³/mol. The molecule has 0 radical (unpaired) electrons. The van der Waals surface area contributed by atoms with Crippen molar-refractivity contribution in [3.8, 4) is 5.75 Å². The largest absolute Gasteiger partial charge is 0.492 e. The summed E-state index contributed by atoms with van der Waals surface area (Å²) in [4.78, 5) is 24.0. The number of carbonyl (C=O) groups excluding carboxylic acids is 1. The minimum absolute atomic E-state index is 0.0972. The van der Waals surface area contributed by atoms with Gasteiger partial charge in [-0.25, -0.2) is 0 Å². The molecule has 1 aliphatic heterocycles. The molecule has 108 valence electrons. The van der Waals surface area contributed by atoms with Crippen LogP contribution >= 0.6 is 0 Å². The third-order valence-corrected chi connectivity index (χ3v) is 3.71. The van der Waals surface area contributed by atoms with Gasteiger partial charge in [0.1, 0.15) is 18.3 Å². The fourth-order valence-corrected chi connectivity index (χ4v) is 2.45. The second-order valence-electron chi connectivity index (χ2n) is 5.21. The molecular formula is C16H16N2O3. The van der Waals surface area contributed by atoms with Crippen LogP contribution in [0.25, 0.3) is 0 Å². The minimum atomic E-state index is -0.321. The molecule has 1 N–H and O–H groups in total. The van der Waals surface area contributed by atoms with Gasteiger partial charge in [0.15, 0.2) is 0 Å². The molecule has 2 heterocycles. The molecule has 2 aromatic rings. The van der Waals surface area contributed by atoms with Gasteiger partial charge in [0.2, 0.25) is 5.91 Å².